The number of unbranched alkanes of at least 4 members (excludes halogenated alkanes) is 2. The number of hydrogen-bond acceptors (Lipinski definition) is 5. The number of benzene rings is 1. The Kier molecular flexibility index (Phi) is 6.23. The highest BCUT2D eigenvalue weighted by Crippen LogP contribution is 2.28. The Balaban J connectivity index is 1.62. The van der Waals surface area contributed by atoms with Crippen molar-refractivity contribution < 1.29 is 14.4 Å². The molecule has 1 unspecified atom stereocenters. The van der Waals surface area contributed by atoms with E-state index < -0.39 is 6.04 Å². The van der Waals surface area contributed by atoms with Crippen LogP contribution >= 0.6 is 0 Å². The second kappa shape index (κ2) is 8.63. The summed E-state index contributed by atoms with van der Waals surface area (Å²) in [7, 11) is 2.08. The minimum absolute atomic E-state index is 0.119. The first kappa shape index (κ1) is 19.5. The first-order valence-corrected chi connectivity index (χ1v) is 9.64. The number of amides is 3. The molecule has 2 heterocycles. The van der Waals surface area contributed by atoms with Crippen molar-refractivity contribution in [1.82, 2.24) is 15.1 Å². The summed E-state index contributed by atoms with van der Waals surface area (Å²) in [6, 6.07) is 5.42. The van der Waals surface area contributed by atoms with Gasteiger partial charge in [0.15, 0.2) is 0 Å². The molecule has 7 nitrogen and oxygen atoms in total. The van der Waals surface area contributed by atoms with E-state index in [1.54, 1.807) is 4.90 Å². The summed E-state index contributed by atoms with van der Waals surface area (Å²) in [5.41, 5.74) is 8.23. The molecule has 1 fully saturated rings. The number of nitrogens with zero attached hydrogens (tertiary/aromatic N) is 2. The molecule has 27 heavy (non-hydrogen) atoms. The second-order valence-electron chi connectivity index (χ2n) is 7.48. The number of nitrogens with two attached hydrogens (primary N) is 1. The number of imide groups is 1. The molecule has 1 atom stereocenters. The standard InChI is InChI=1S/C20H28N4O3/c1-23(10-4-2-3-9-21)12-14-5-6-15-13-24(20(27)16(15)11-14)17-7-8-18(25)22-19(17)26/h5-6,11,17H,2-4,7-10,12-13,21H2,1H3,(H,22,25,26). The molecular weight excluding hydrogens is 344 g/mol. The lowest BCUT2D eigenvalue weighted by Gasteiger charge is -2.29. The topological polar surface area (TPSA) is 95.7 Å². The zero-order valence-electron chi connectivity index (χ0n) is 15.9. The summed E-state index contributed by atoms with van der Waals surface area (Å²) in [6.07, 6.45) is 3.96. The number of piperidine rings is 1. The molecule has 0 aromatic heterocycles. The minimum atomic E-state index is -0.559. The maximum absolute atomic E-state index is 12.8. The highest BCUT2D eigenvalue weighted by Gasteiger charge is 2.39. The molecule has 0 spiro atoms. The first-order valence-electron chi connectivity index (χ1n) is 9.64. The van der Waals surface area contributed by atoms with Gasteiger partial charge in [-0.2, -0.15) is 0 Å². The zero-order valence-corrected chi connectivity index (χ0v) is 15.9. The summed E-state index contributed by atoms with van der Waals surface area (Å²) < 4.78 is 0. The van der Waals surface area contributed by atoms with Crippen molar-refractivity contribution >= 4 is 17.7 Å². The van der Waals surface area contributed by atoms with Crippen molar-refractivity contribution in [2.24, 2.45) is 5.73 Å². The van der Waals surface area contributed by atoms with Gasteiger partial charge in [0.05, 0.1) is 0 Å². The van der Waals surface area contributed by atoms with E-state index in [4.69, 9.17) is 5.73 Å². The van der Waals surface area contributed by atoms with Crippen LogP contribution in [0.3, 0.4) is 0 Å². The SMILES string of the molecule is CN(CCCCCN)Cc1ccc2c(c1)C(=O)N(C1CCC(=O)NC1=O)C2. The van der Waals surface area contributed by atoms with E-state index in [1.807, 2.05) is 12.1 Å². The van der Waals surface area contributed by atoms with E-state index in [2.05, 4.69) is 23.3 Å². The van der Waals surface area contributed by atoms with Crippen LogP contribution in [0, 0.1) is 0 Å². The monoisotopic (exact) mass is 372 g/mol. The third-order valence-corrected chi connectivity index (χ3v) is 5.29. The molecule has 0 aliphatic carbocycles. The van der Waals surface area contributed by atoms with Gasteiger partial charge in [-0.3, -0.25) is 19.7 Å². The number of fused-ring (bicyclic) bond motifs is 1. The van der Waals surface area contributed by atoms with E-state index in [1.165, 1.54) is 0 Å². The number of carbonyl (C=O) groups is 3. The van der Waals surface area contributed by atoms with E-state index in [-0.39, 0.29) is 24.1 Å². The molecule has 1 saturated heterocycles. The molecule has 1 aromatic carbocycles. The third kappa shape index (κ3) is 4.54. The zero-order chi connectivity index (χ0) is 19.4. The summed E-state index contributed by atoms with van der Waals surface area (Å²) in [5.74, 6) is -0.756. The van der Waals surface area contributed by atoms with E-state index >= 15 is 0 Å². The van der Waals surface area contributed by atoms with Crippen molar-refractivity contribution in [3.05, 3.63) is 34.9 Å². The molecule has 3 amide bonds. The van der Waals surface area contributed by atoms with Crippen molar-refractivity contribution in [3.8, 4) is 0 Å². The fraction of sp³-hybridized carbons (Fsp3) is 0.550. The fourth-order valence-corrected chi connectivity index (χ4v) is 3.79. The van der Waals surface area contributed by atoms with Crippen LogP contribution in [0.2, 0.25) is 0 Å². The summed E-state index contributed by atoms with van der Waals surface area (Å²) in [5, 5.41) is 2.33. The molecule has 7 heteroatoms. The van der Waals surface area contributed by atoms with Gasteiger partial charge in [0, 0.05) is 25.1 Å². The molecule has 0 bridgehead atoms. The van der Waals surface area contributed by atoms with Crippen LogP contribution in [0.5, 0.6) is 0 Å². The lowest BCUT2D eigenvalue weighted by molar-refractivity contribution is -0.136. The van der Waals surface area contributed by atoms with Crippen molar-refractivity contribution in [3.63, 3.8) is 0 Å². The summed E-state index contributed by atoms with van der Waals surface area (Å²) in [6.45, 7) is 2.94. The van der Waals surface area contributed by atoms with Crippen LogP contribution in [-0.2, 0) is 22.7 Å². The quantitative estimate of drug-likeness (QED) is 0.524. The Morgan fingerprint density at radius 1 is 1.22 bits per heavy atom. The predicted octanol–water partition coefficient (Wildman–Crippen LogP) is 1.01. The molecule has 0 saturated carbocycles. The molecule has 146 valence electrons. The van der Waals surface area contributed by atoms with Gasteiger partial charge in [-0.05, 0) is 56.6 Å². The second-order valence-corrected chi connectivity index (χ2v) is 7.48. The van der Waals surface area contributed by atoms with Gasteiger partial charge in [0.2, 0.25) is 11.8 Å². The van der Waals surface area contributed by atoms with Crippen LogP contribution in [0.25, 0.3) is 0 Å². The van der Waals surface area contributed by atoms with Gasteiger partial charge in [-0.15, -0.1) is 0 Å². The molecule has 2 aliphatic rings. The number of rotatable bonds is 8. The maximum Gasteiger partial charge on any atom is 0.255 e. The van der Waals surface area contributed by atoms with E-state index in [0.717, 1.165) is 50.0 Å². The van der Waals surface area contributed by atoms with Gasteiger partial charge < -0.3 is 15.5 Å². The van der Waals surface area contributed by atoms with Crippen molar-refractivity contribution in [1.29, 1.82) is 0 Å². The normalized spacial score (nSPS) is 19.6. The highest BCUT2D eigenvalue weighted by molar-refractivity contribution is 6.05. The van der Waals surface area contributed by atoms with Crippen LogP contribution in [0.1, 0.15) is 53.6 Å². The summed E-state index contributed by atoms with van der Waals surface area (Å²) >= 11 is 0. The third-order valence-electron chi connectivity index (χ3n) is 5.29. The van der Waals surface area contributed by atoms with E-state index in [0.29, 0.717) is 18.5 Å². The van der Waals surface area contributed by atoms with Gasteiger partial charge in [-0.25, -0.2) is 0 Å². The molecule has 2 aliphatic heterocycles. The fourth-order valence-electron chi connectivity index (χ4n) is 3.79. The van der Waals surface area contributed by atoms with Crippen LogP contribution in [0.15, 0.2) is 18.2 Å². The van der Waals surface area contributed by atoms with Crippen LogP contribution < -0.4 is 11.1 Å². The van der Waals surface area contributed by atoms with Gasteiger partial charge >= 0.3 is 0 Å². The van der Waals surface area contributed by atoms with E-state index in [9.17, 15) is 14.4 Å². The lowest BCUT2D eigenvalue weighted by atomic mass is 10.0. The predicted molar refractivity (Wildman–Crippen MR) is 102 cm³/mol. The van der Waals surface area contributed by atoms with Crippen LogP contribution in [0.4, 0.5) is 0 Å². The largest absolute Gasteiger partial charge is 0.330 e. The minimum Gasteiger partial charge on any atom is -0.330 e. The Morgan fingerprint density at radius 3 is 2.78 bits per heavy atom. The van der Waals surface area contributed by atoms with Crippen LogP contribution in [-0.4, -0.2) is 53.7 Å². The number of nitrogens with one attached hydrogen (secondary N) is 1. The maximum atomic E-state index is 12.8. The summed E-state index contributed by atoms with van der Waals surface area (Å²) in [4.78, 5) is 40.1. The average Bonchev–Trinajstić information content (AvgIpc) is 2.95. The van der Waals surface area contributed by atoms with Gasteiger partial charge in [0.1, 0.15) is 6.04 Å². The molecule has 3 rings (SSSR count). The van der Waals surface area contributed by atoms with Gasteiger partial charge in [-0.1, -0.05) is 18.6 Å². The molecule has 3 N–H and O–H groups in total. The molecule has 0 radical (unpaired) electrons. The number of carbonyl (C=O) groups excluding carboxylic acids is 3. The Hall–Kier alpha value is -2.25. The average molecular weight is 372 g/mol. The Labute approximate surface area is 159 Å². The molecule has 1 aromatic rings. The Morgan fingerprint density at radius 2 is 2.04 bits per heavy atom. The highest BCUT2D eigenvalue weighted by atomic mass is 16.2. The lowest BCUT2D eigenvalue weighted by Crippen LogP contribution is -2.52. The van der Waals surface area contributed by atoms with Crippen molar-refractivity contribution in [2.45, 2.75) is 51.2 Å². The molecular formula is C20H28N4O3. The first-order chi connectivity index (χ1) is 13.0. The van der Waals surface area contributed by atoms with Crippen molar-refractivity contribution in [2.75, 3.05) is 20.1 Å². The smallest absolute Gasteiger partial charge is 0.255 e. The Bertz CT molecular complexity index is 734. The van der Waals surface area contributed by atoms with Gasteiger partial charge in [0.25, 0.3) is 5.91 Å². The number of hydrogen-bond donors (Lipinski definition) is 2.